The molecule has 0 atom stereocenters. The highest BCUT2D eigenvalue weighted by molar-refractivity contribution is 7.15. The van der Waals surface area contributed by atoms with E-state index >= 15 is 0 Å². The van der Waals surface area contributed by atoms with Gasteiger partial charge in [-0.25, -0.2) is 0 Å². The van der Waals surface area contributed by atoms with Crippen LogP contribution in [0.2, 0.25) is 0 Å². The highest BCUT2D eigenvalue weighted by Crippen LogP contribution is 2.34. The van der Waals surface area contributed by atoms with E-state index in [9.17, 15) is 0 Å². The van der Waals surface area contributed by atoms with Crippen LogP contribution in [0.5, 0.6) is 0 Å². The first-order valence-corrected chi connectivity index (χ1v) is 7.58. The van der Waals surface area contributed by atoms with Crippen molar-refractivity contribution in [2.45, 2.75) is 20.0 Å². The maximum Gasteiger partial charge on any atom is 0.268 e. The van der Waals surface area contributed by atoms with E-state index in [2.05, 4.69) is 21.2 Å². The average Bonchev–Trinajstić information content (AvgIpc) is 3.14. The number of ether oxygens (including phenoxy) is 1. The fraction of sp³-hybridized carbons (Fsp3) is 0.267. The molecule has 0 saturated carbocycles. The molecule has 1 aliphatic heterocycles. The first-order chi connectivity index (χ1) is 10.3. The summed E-state index contributed by atoms with van der Waals surface area (Å²) >= 11 is 1.71. The molecule has 4 rings (SSSR count). The Morgan fingerprint density at radius 3 is 3.05 bits per heavy atom. The molecule has 0 spiro atoms. The molecule has 0 aromatic carbocycles. The highest BCUT2D eigenvalue weighted by atomic mass is 32.1. The lowest BCUT2D eigenvalue weighted by atomic mass is 10.2. The van der Waals surface area contributed by atoms with E-state index in [-0.39, 0.29) is 0 Å². The monoisotopic (exact) mass is 299 g/mol. The lowest BCUT2D eigenvalue weighted by Crippen LogP contribution is -2.05. The SMILES string of the molecule is Cc1ccc(-c2noc(-c3cc4c(s3)CCOC4)n2)cn1. The van der Waals surface area contributed by atoms with Crippen molar-refractivity contribution >= 4 is 11.3 Å². The van der Waals surface area contributed by atoms with Crippen molar-refractivity contribution in [3.63, 3.8) is 0 Å². The van der Waals surface area contributed by atoms with Crippen LogP contribution < -0.4 is 0 Å². The maximum absolute atomic E-state index is 5.46. The third-order valence-corrected chi connectivity index (χ3v) is 4.66. The molecule has 0 amide bonds. The normalized spacial score (nSPS) is 14.1. The number of hydrogen-bond acceptors (Lipinski definition) is 6. The molecule has 3 aromatic rings. The van der Waals surface area contributed by atoms with Gasteiger partial charge in [0, 0.05) is 28.8 Å². The summed E-state index contributed by atoms with van der Waals surface area (Å²) in [6.07, 6.45) is 2.72. The molecular formula is C15H13N3O2S. The molecule has 0 radical (unpaired) electrons. The Morgan fingerprint density at radius 2 is 2.24 bits per heavy atom. The summed E-state index contributed by atoms with van der Waals surface area (Å²) in [6.45, 7) is 3.41. The minimum absolute atomic E-state index is 0.560. The molecule has 3 aromatic heterocycles. The van der Waals surface area contributed by atoms with Crippen LogP contribution in [0.15, 0.2) is 28.9 Å². The van der Waals surface area contributed by atoms with E-state index in [0.717, 1.165) is 29.2 Å². The van der Waals surface area contributed by atoms with Crippen LogP contribution in [-0.2, 0) is 17.8 Å². The lowest BCUT2D eigenvalue weighted by Gasteiger charge is -2.10. The molecule has 0 bridgehead atoms. The molecule has 0 fully saturated rings. The summed E-state index contributed by atoms with van der Waals surface area (Å²) in [7, 11) is 0. The fourth-order valence-corrected chi connectivity index (χ4v) is 3.36. The Balaban J connectivity index is 1.67. The Morgan fingerprint density at radius 1 is 1.29 bits per heavy atom. The summed E-state index contributed by atoms with van der Waals surface area (Å²) in [5.74, 6) is 1.13. The first-order valence-electron chi connectivity index (χ1n) is 6.76. The molecule has 6 heteroatoms. The smallest absolute Gasteiger partial charge is 0.268 e. The van der Waals surface area contributed by atoms with Crippen molar-refractivity contribution < 1.29 is 9.26 Å². The molecule has 5 nitrogen and oxygen atoms in total. The predicted molar refractivity (Wildman–Crippen MR) is 78.9 cm³/mol. The summed E-state index contributed by atoms with van der Waals surface area (Å²) in [5.41, 5.74) is 3.06. The summed E-state index contributed by atoms with van der Waals surface area (Å²) in [4.78, 5) is 11.1. The Labute approximate surface area is 125 Å². The van der Waals surface area contributed by atoms with Crippen molar-refractivity contribution in [3.05, 3.63) is 40.5 Å². The van der Waals surface area contributed by atoms with Gasteiger partial charge < -0.3 is 9.26 Å². The van der Waals surface area contributed by atoms with Crippen LogP contribution >= 0.6 is 11.3 Å². The van der Waals surface area contributed by atoms with E-state index in [0.29, 0.717) is 18.3 Å². The van der Waals surface area contributed by atoms with Crippen molar-refractivity contribution in [2.75, 3.05) is 6.61 Å². The van der Waals surface area contributed by atoms with Gasteiger partial charge >= 0.3 is 0 Å². The van der Waals surface area contributed by atoms with E-state index in [1.165, 1.54) is 10.4 Å². The van der Waals surface area contributed by atoms with Crippen molar-refractivity contribution in [1.29, 1.82) is 0 Å². The largest absolute Gasteiger partial charge is 0.376 e. The standard InChI is InChI=1S/C15H13N3O2S/c1-9-2-3-10(7-16-9)14-17-15(20-18-14)13-6-11-8-19-5-4-12(11)21-13/h2-3,6-7H,4-5,8H2,1H3. The molecule has 106 valence electrons. The highest BCUT2D eigenvalue weighted by Gasteiger charge is 2.18. The van der Waals surface area contributed by atoms with Crippen molar-refractivity contribution in [3.8, 4) is 22.2 Å². The van der Waals surface area contributed by atoms with Crippen molar-refractivity contribution in [1.82, 2.24) is 15.1 Å². The number of aromatic nitrogens is 3. The number of rotatable bonds is 2. The zero-order valence-electron chi connectivity index (χ0n) is 11.5. The van der Waals surface area contributed by atoms with Gasteiger partial charge in [0.15, 0.2) is 0 Å². The first kappa shape index (κ1) is 12.7. The summed E-state index contributed by atoms with van der Waals surface area (Å²) < 4.78 is 10.9. The van der Waals surface area contributed by atoms with Crippen LogP contribution in [0, 0.1) is 6.92 Å². The quantitative estimate of drug-likeness (QED) is 0.727. The molecule has 21 heavy (non-hydrogen) atoms. The molecule has 0 saturated heterocycles. The van der Waals surface area contributed by atoms with Crippen LogP contribution in [-0.4, -0.2) is 21.7 Å². The number of aryl methyl sites for hydroxylation is 1. The van der Waals surface area contributed by atoms with Gasteiger partial charge in [-0.05, 0) is 30.7 Å². The zero-order chi connectivity index (χ0) is 14.2. The summed E-state index contributed by atoms with van der Waals surface area (Å²) in [6, 6.07) is 5.97. The van der Waals surface area contributed by atoms with E-state index < -0.39 is 0 Å². The fourth-order valence-electron chi connectivity index (χ4n) is 2.29. The van der Waals surface area contributed by atoms with Crippen molar-refractivity contribution in [2.24, 2.45) is 0 Å². The van der Waals surface area contributed by atoms with E-state index in [4.69, 9.17) is 9.26 Å². The molecule has 0 aliphatic carbocycles. The molecule has 0 N–H and O–H groups in total. The van der Waals surface area contributed by atoms with Crippen LogP contribution in [0.4, 0.5) is 0 Å². The zero-order valence-corrected chi connectivity index (χ0v) is 12.3. The third kappa shape index (κ3) is 2.36. The van der Waals surface area contributed by atoms with Gasteiger partial charge in [0.05, 0.1) is 18.1 Å². The van der Waals surface area contributed by atoms with Crippen LogP contribution in [0.1, 0.15) is 16.1 Å². The van der Waals surface area contributed by atoms with Crippen LogP contribution in [0.3, 0.4) is 0 Å². The average molecular weight is 299 g/mol. The van der Waals surface area contributed by atoms with Crippen LogP contribution in [0.25, 0.3) is 22.2 Å². The molecule has 0 unspecified atom stereocenters. The van der Waals surface area contributed by atoms with E-state index in [1.807, 2.05) is 19.1 Å². The van der Waals surface area contributed by atoms with Gasteiger partial charge in [-0.2, -0.15) is 4.98 Å². The molecule has 4 heterocycles. The second-order valence-electron chi connectivity index (χ2n) is 4.97. The van der Waals surface area contributed by atoms with Gasteiger partial charge in [0.1, 0.15) is 0 Å². The second kappa shape index (κ2) is 5.05. The van der Waals surface area contributed by atoms with E-state index in [1.54, 1.807) is 17.5 Å². The van der Waals surface area contributed by atoms with Gasteiger partial charge in [0.25, 0.3) is 5.89 Å². The predicted octanol–water partition coefficient (Wildman–Crippen LogP) is 3.24. The Kier molecular flexibility index (Phi) is 3.05. The van der Waals surface area contributed by atoms with Gasteiger partial charge in [-0.3, -0.25) is 4.98 Å². The third-order valence-electron chi connectivity index (χ3n) is 3.43. The minimum atomic E-state index is 0.560. The Hall–Kier alpha value is -2.05. The minimum Gasteiger partial charge on any atom is -0.376 e. The molecular weight excluding hydrogens is 286 g/mol. The van der Waals surface area contributed by atoms with Gasteiger partial charge in [-0.1, -0.05) is 5.16 Å². The number of hydrogen-bond donors (Lipinski definition) is 0. The topological polar surface area (TPSA) is 61.0 Å². The number of nitrogens with zero attached hydrogens (tertiary/aromatic N) is 3. The molecule has 1 aliphatic rings. The van der Waals surface area contributed by atoms with Gasteiger partial charge in [0.2, 0.25) is 5.82 Å². The Bertz CT molecular complexity index is 753. The number of thiophene rings is 1. The maximum atomic E-state index is 5.46. The van der Waals surface area contributed by atoms with Gasteiger partial charge in [-0.15, -0.1) is 11.3 Å². The lowest BCUT2D eigenvalue weighted by molar-refractivity contribution is 0.112. The second-order valence-corrected chi connectivity index (χ2v) is 6.11. The number of fused-ring (bicyclic) bond motifs is 1. The summed E-state index contributed by atoms with van der Waals surface area (Å²) in [5, 5.41) is 4.05. The number of pyridine rings is 1.